The normalized spacial score (nSPS) is 9.31. The summed E-state index contributed by atoms with van der Waals surface area (Å²) < 4.78 is 0. The van der Waals surface area contributed by atoms with E-state index >= 15 is 0 Å². The fraction of sp³-hybridized carbons (Fsp3) is 0. The molecule has 0 heterocycles. The van der Waals surface area contributed by atoms with Crippen LogP contribution in [0, 0.1) is 0 Å². The van der Waals surface area contributed by atoms with Crippen LogP contribution in [0.3, 0.4) is 0 Å². The van der Waals surface area contributed by atoms with Gasteiger partial charge in [0.2, 0.25) is 5.91 Å². The Bertz CT molecular complexity index is 427. The molecule has 0 aliphatic rings. The van der Waals surface area contributed by atoms with Crippen molar-refractivity contribution in [2.75, 3.05) is 5.32 Å². The molecule has 0 aliphatic heterocycles. The molecule has 0 saturated carbocycles. The maximum Gasteiger partial charge on any atom is 0.323 e. The molecule has 1 aromatic carbocycles. The number of amides is 3. The zero-order chi connectivity index (χ0) is 12.1. The van der Waals surface area contributed by atoms with Crippen molar-refractivity contribution < 1.29 is 14.4 Å². The van der Waals surface area contributed by atoms with Crippen LogP contribution in [0.4, 0.5) is 5.69 Å². The van der Waals surface area contributed by atoms with Gasteiger partial charge in [0.05, 0.1) is 0 Å². The van der Waals surface area contributed by atoms with Crippen molar-refractivity contribution in [1.29, 1.82) is 0 Å². The van der Waals surface area contributed by atoms with Gasteiger partial charge < -0.3 is 11.1 Å². The van der Waals surface area contributed by atoms with Gasteiger partial charge >= 0.3 is 11.8 Å². The van der Waals surface area contributed by atoms with Crippen LogP contribution in [0.1, 0.15) is 10.4 Å². The van der Waals surface area contributed by atoms with E-state index in [-0.39, 0.29) is 0 Å². The number of hydrogen-bond donors (Lipinski definition) is 4. The Morgan fingerprint density at radius 2 is 1.56 bits per heavy atom. The highest BCUT2D eigenvalue weighted by Crippen LogP contribution is 2.08. The number of hydrazine groups is 1. The Morgan fingerprint density at radius 1 is 1.00 bits per heavy atom. The topological polar surface area (TPSA) is 127 Å². The first-order valence-corrected chi connectivity index (χ1v) is 4.26. The van der Waals surface area contributed by atoms with Gasteiger partial charge in [0.25, 0.3) is 0 Å². The van der Waals surface area contributed by atoms with E-state index in [1.807, 2.05) is 0 Å². The molecule has 0 fully saturated rings. The summed E-state index contributed by atoms with van der Waals surface area (Å²) in [4.78, 5) is 32.6. The lowest BCUT2D eigenvalue weighted by Gasteiger charge is -2.03. The van der Waals surface area contributed by atoms with Crippen LogP contribution in [-0.2, 0) is 9.59 Å². The molecule has 16 heavy (non-hydrogen) atoms. The van der Waals surface area contributed by atoms with Crippen LogP contribution in [0.2, 0.25) is 0 Å². The van der Waals surface area contributed by atoms with Crippen molar-refractivity contribution in [3.63, 3.8) is 0 Å². The number of carbonyl (C=O) groups is 3. The van der Waals surface area contributed by atoms with Crippen molar-refractivity contribution in [2.24, 2.45) is 11.6 Å². The van der Waals surface area contributed by atoms with Crippen LogP contribution < -0.4 is 22.3 Å². The minimum absolute atomic E-state index is 0.307. The van der Waals surface area contributed by atoms with Gasteiger partial charge in [-0.25, -0.2) is 5.84 Å². The summed E-state index contributed by atoms with van der Waals surface area (Å²) in [7, 11) is 0. The summed E-state index contributed by atoms with van der Waals surface area (Å²) in [6.45, 7) is 0. The van der Waals surface area contributed by atoms with Crippen LogP contribution in [-0.4, -0.2) is 17.7 Å². The number of carbonyl (C=O) groups excluding carboxylic acids is 3. The third kappa shape index (κ3) is 2.79. The molecule has 3 amide bonds. The van der Waals surface area contributed by atoms with Crippen molar-refractivity contribution in [1.82, 2.24) is 5.43 Å². The zero-order valence-electron chi connectivity index (χ0n) is 8.19. The second kappa shape index (κ2) is 4.89. The van der Waals surface area contributed by atoms with E-state index in [9.17, 15) is 14.4 Å². The minimum Gasteiger partial charge on any atom is -0.366 e. The summed E-state index contributed by atoms with van der Waals surface area (Å²) in [5.41, 5.74) is 7.38. The molecule has 1 rings (SSSR count). The van der Waals surface area contributed by atoms with Gasteiger partial charge in [-0.15, -0.1) is 0 Å². The predicted molar refractivity (Wildman–Crippen MR) is 55.9 cm³/mol. The second-order valence-corrected chi connectivity index (χ2v) is 2.87. The molecule has 7 nitrogen and oxygen atoms in total. The molecule has 0 aromatic heterocycles. The quantitative estimate of drug-likeness (QED) is 0.215. The van der Waals surface area contributed by atoms with Crippen molar-refractivity contribution in [3.05, 3.63) is 29.8 Å². The third-order valence-electron chi connectivity index (χ3n) is 1.76. The van der Waals surface area contributed by atoms with E-state index in [1.54, 1.807) is 5.43 Å². The predicted octanol–water partition coefficient (Wildman–Crippen LogP) is -1.29. The largest absolute Gasteiger partial charge is 0.366 e. The molecule has 0 unspecified atom stereocenters. The number of anilines is 1. The van der Waals surface area contributed by atoms with Crippen LogP contribution in [0.5, 0.6) is 0 Å². The molecule has 0 spiro atoms. The molecule has 0 radical (unpaired) electrons. The highest BCUT2D eigenvalue weighted by molar-refractivity contribution is 6.39. The summed E-state index contributed by atoms with van der Waals surface area (Å²) in [6.07, 6.45) is 0. The highest BCUT2D eigenvalue weighted by Gasteiger charge is 2.11. The Balaban J connectivity index is 2.72. The van der Waals surface area contributed by atoms with Gasteiger partial charge in [-0.1, -0.05) is 0 Å². The monoisotopic (exact) mass is 222 g/mol. The van der Waals surface area contributed by atoms with E-state index in [1.165, 1.54) is 24.3 Å². The molecule has 0 bridgehead atoms. The standard InChI is InChI=1S/C9H10N4O3/c10-7(14)5-1-3-6(4-2-5)12-8(15)9(16)13-11/h1-4H,11H2,(H2,10,14)(H,12,15)(H,13,16). The lowest BCUT2D eigenvalue weighted by atomic mass is 10.2. The molecule has 84 valence electrons. The zero-order valence-corrected chi connectivity index (χ0v) is 8.19. The lowest BCUT2D eigenvalue weighted by molar-refractivity contribution is -0.136. The Morgan fingerprint density at radius 3 is 2.00 bits per heavy atom. The Labute approximate surface area is 90.8 Å². The van der Waals surface area contributed by atoms with E-state index in [4.69, 9.17) is 11.6 Å². The second-order valence-electron chi connectivity index (χ2n) is 2.87. The van der Waals surface area contributed by atoms with E-state index in [0.29, 0.717) is 11.3 Å². The third-order valence-corrected chi connectivity index (χ3v) is 1.76. The molecule has 7 heteroatoms. The van der Waals surface area contributed by atoms with Crippen molar-refractivity contribution in [3.8, 4) is 0 Å². The molecule has 0 aliphatic carbocycles. The minimum atomic E-state index is -0.959. The highest BCUT2D eigenvalue weighted by atomic mass is 16.2. The molecule has 0 saturated heterocycles. The van der Waals surface area contributed by atoms with Crippen LogP contribution in [0.25, 0.3) is 0 Å². The number of benzene rings is 1. The maximum atomic E-state index is 11.1. The number of hydrogen-bond acceptors (Lipinski definition) is 4. The first-order valence-electron chi connectivity index (χ1n) is 4.26. The van der Waals surface area contributed by atoms with Gasteiger partial charge in [-0.2, -0.15) is 0 Å². The molecular formula is C9H10N4O3. The van der Waals surface area contributed by atoms with E-state index in [0.717, 1.165) is 0 Å². The van der Waals surface area contributed by atoms with Crippen LogP contribution >= 0.6 is 0 Å². The van der Waals surface area contributed by atoms with Gasteiger partial charge in [-0.3, -0.25) is 19.8 Å². The summed E-state index contributed by atoms with van der Waals surface area (Å²) >= 11 is 0. The van der Waals surface area contributed by atoms with E-state index < -0.39 is 17.7 Å². The summed E-state index contributed by atoms with van der Waals surface area (Å²) in [5, 5.41) is 2.28. The molecule has 6 N–H and O–H groups in total. The molecule has 0 atom stereocenters. The average Bonchev–Trinajstić information content (AvgIpc) is 2.28. The van der Waals surface area contributed by atoms with Gasteiger partial charge in [0.15, 0.2) is 0 Å². The summed E-state index contributed by atoms with van der Waals surface area (Å²) in [5.74, 6) is 2.34. The number of nitrogens with one attached hydrogen (secondary N) is 2. The first kappa shape index (κ1) is 11.7. The maximum absolute atomic E-state index is 11.1. The SMILES string of the molecule is NNC(=O)C(=O)Nc1ccc(C(N)=O)cc1. The fourth-order valence-corrected chi connectivity index (χ4v) is 0.971. The van der Waals surface area contributed by atoms with Crippen molar-refractivity contribution in [2.45, 2.75) is 0 Å². The number of nitrogens with two attached hydrogens (primary N) is 2. The van der Waals surface area contributed by atoms with Gasteiger partial charge in [-0.05, 0) is 24.3 Å². The number of rotatable bonds is 2. The van der Waals surface area contributed by atoms with Gasteiger partial charge in [0, 0.05) is 11.3 Å². The number of primary amides is 1. The first-order chi connectivity index (χ1) is 7.54. The lowest BCUT2D eigenvalue weighted by Crippen LogP contribution is -2.39. The average molecular weight is 222 g/mol. The van der Waals surface area contributed by atoms with Gasteiger partial charge in [0.1, 0.15) is 0 Å². The van der Waals surface area contributed by atoms with Crippen molar-refractivity contribution >= 4 is 23.4 Å². The Hall–Kier alpha value is -2.41. The fourth-order valence-electron chi connectivity index (χ4n) is 0.971. The Kier molecular flexibility index (Phi) is 3.57. The van der Waals surface area contributed by atoms with E-state index in [2.05, 4.69) is 5.32 Å². The van der Waals surface area contributed by atoms with Crippen LogP contribution in [0.15, 0.2) is 24.3 Å². The molecule has 1 aromatic rings. The summed E-state index contributed by atoms with van der Waals surface area (Å²) in [6, 6.07) is 5.75. The smallest absolute Gasteiger partial charge is 0.323 e. The molecular weight excluding hydrogens is 212 g/mol.